The molecule has 1 aliphatic heterocycles. The molecule has 0 aromatic rings. The first-order valence-electron chi connectivity index (χ1n) is 7.38. The molecule has 1 saturated heterocycles. The zero-order valence-corrected chi connectivity index (χ0v) is 13.4. The Morgan fingerprint density at radius 1 is 1.25 bits per heavy atom. The van der Waals surface area contributed by atoms with E-state index in [0.29, 0.717) is 6.54 Å². The van der Waals surface area contributed by atoms with E-state index in [2.05, 4.69) is 16.7 Å². The van der Waals surface area contributed by atoms with Crippen molar-refractivity contribution in [2.75, 3.05) is 32.8 Å². The predicted octanol–water partition coefficient (Wildman–Crippen LogP) is 1.94. The van der Waals surface area contributed by atoms with E-state index in [0.717, 1.165) is 26.3 Å². The monoisotopic (exact) mass is 281 g/mol. The number of carbonyl (C=O) groups is 1. The Hall–Kier alpha value is -1.05. The van der Waals surface area contributed by atoms with Crippen LogP contribution in [-0.2, 0) is 14.3 Å². The molecule has 0 bridgehead atoms. The second kappa shape index (κ2) is 7.66. The van der Waals surface area contributed by atoms with Crippen molar-refractivity contribution in [2.24, 2.45) is 11.8 Å². The van der Waals surface area contributed by atoms with Gasteiger partial charge in [-0.3, -0.25) is 9.69 Å². The number of carbonyl (C=O) groups excluding carboxylic acids is 1. The number of nitrogens with zero attached hydrogens (tertiary/aromatic N) is 1. The minimum absolute atomic E-state index is 0.156. The van der Waals surface area contributed by atoms with Gasteiger partial charge in [0.05, 0.1) is 19.8 Å². The maximum atomic E-state index is 11.4. The second-order valence-corrected chi connectivity index (χ2v) is 5.89. The van der Waals surface area contributed by atoms with Crippen molar-refractivity contribution in [1.82, 2.24) is 4.90 Å². The lowest BCUT2D eigenvalue weighted by Gasteiger charge is -2.35. The van der Waals surface area contributed by atoms with Crippen LogP contribution in [0.4, 0.5) is 0 Å². The van der Waals surface area contributed by atoms with E-state index in [9.17, 15) is 4.79 Å². The lowest BCUT2D eigenvalue weighted by molar-refractivity contribution is -0.159. The summed E-state index contributed by atoms with van der Waals surface area (Å²) in [7, 11) is 0. The van der Waals surface area contributed by atoms with Crippen LogP contribution in [0.3, 0.4) is 0 Å². The van der Waals surface area contributed by atoms with Gasteiger partial charge in [-0.05, 0) is 0 Å². The molecule has 0 unspecified atom stereocenters. The van der Waals surface area contributed by atoms with Gasteiger partial charge in [0.25, 0.3) is 0 Å². The van der Waals surface area contributed by atoms with Gasteiger partial charge in [0.1, 0.15) is 0 Å². The standard InChI is InChI=1S/C16H27NO3/c1-13(2)16(14(3)4,20-15(5)18)7-6-8-17-9-11-19-12-10-17/h13-14H,8-12H2,1-5H3. The third-order valence-electron chi connectivity index (χ3n) is 3.72. The summed E-state index contributed by atoms with van der Waals surface area (Å²) >= 11 is 0. The van der Waals surface area contributed by atoms with Crippen LogP contribution in [0.2, 0.25) is 0 Å². The summed E-state index contributed by atoms with van der Waals surface area (Å²) in [5, 5.41) is 0. The third kappa shape index (κ3) is 4.50. The normalized spacial score (nSPS) is 16.9. The highest BCUT2D eigenvalue weighted by Crippen LogP contribution is 2.30. The van der Waals surface area contributed by atoms with E-state index in [-0.39, 0.29) is 17.8 Å². The number of hydrogen-bond donors (Lipinski definition) is 0. The number of morpholine rings is 1. The van der Waals surface area contributed by atoms with Gasteiger partial charge in [-0.1, -0.05) is 39.5 Å². The van der Waals surface area contributed by atoms with E-state index in [1.54, 1.807) is 0 Å². The van der Waals surface area contributed by atoms with Crippen LogP contribution in [-0.4, -0.2) is 49.3 Å². The van der Waals surface area contributed by atoms with Crippen molar-refractivity contribution >= 4 is 5.97 Å². The minimum Gasteiger partial charge on any atom is -0.445 e. The molecule has 0 spiro atoms. The summed E-state index contributed by atoms with van der Waals surface area (Å²) in [5.41, 5.74) is -0.696. The van der Waals surface area contributed by atoms with E-state index >= 15 is 0 Å². The van der Waals surface area contributed by atoms with Crippen molar-refractivity contribution in [2.45, 2.75) is 40.2 Å². The van der Waals surface area contributed by atoms with Gasteiger partial charge in [0.2, 0.25) is 0 Å². The first-order chi connectivity index (χ1) is 9.38. The lowest BCUT2D eigenvalue weighted by Crippen LogP contribution is -2.44. The highest BCUT2D eigenvalue weighted by atomic mass is 16.6. The van der Waals surface area contributed by atoms with Crippen LogP contribution in [0.1, 0.15) is 34.6 Å². The van der Waals surface area contributed by atoms with Gasteiger partial charge in [0.15, 0.2) is 5.60 Å². The molecule has 0 atom stereocenters. The molecule has 0 amide bonds. The molecule has 0 radical (unpaired) electrons. The molecule has 0 aromatic heterocycles. The fraction of sp³-hybridized carbons (Fsp3) is 0.812. The fourth-order valence-electron chi connectivity index (χ4n) is 2.50. The lowest BCUT2D eigenvalue weighted by atomic mass is 9.80. The van der Waals surface area contributed by atoms with Crippen LogP contribution < -0.4 is 0 Å². The molecule has 4 heteroatoms. The van der Waals surface area contributed by atoms with Crippen LogP contribution in [0.15, 0.2) is 0 Å². The van der Waals surface area contributed by atoms with Crippen LogP contribution in [0.25, 0.3) is 0 Å². The van der Waals surface area contributed by atoms with Gasteiger partial charge in [-0.25, -0.2) is 0 Å². The zero-order valence-electron chi connectivity index (χ0n) is 13.4. The molecule has 114 valence electrons. The number of hydrogen-bond acceptors (Lipinski definition) is 4. The molecule has 4 nitrogen and oxygen atoms in total. The molecule has 0 saturated carbocycles. The van der Waals surface area contributed by atoms with Crippen molar-refractivity contribution in [3.8, 4) is 11.8 Å². The molecule has 0 aromatic carbocycles. The Kier molecular flexibility index (Phi) is 6.51. The molecule has 0 aliphatic carbocycles. The molecule has 1 fully saturated rings. The van der Waals surface area contributed by atoms with Crippen molar-refractivity contribution in [3.05, 3.63) is 0 Å². The maximum Gasteiger partial charge on any atom is 0.304 e. The van der Waals surface area contributed by atoms with Crippen molar-refractivity contribution < 1.29 is 14.3 Å². The van der Waals surface area contributed by atoms with E-state index in [1.807, 2.05) is 27.7 Å². The average Bonchev–Trinajstić information content (AvgIpc) is 2.37. The summed E-state index contributed by atoms with van der Waals surface area (Å²) in [4.78, 5) is 13.7. The van der Waals surface area contributed by atoms with Gasteiger partial charge >= 0.3 is 5.97 Å². The highest BCUT2D eigenvalue weighted by Gasteiger charge is 2.38. The van der Waals surface area contributed by atoms with E-state index < -0.39 is 5.60 Å². The van der Waals surface area contributed by atoms with E-state index in [4.69, 9.17) is 9.47 Å². The molecular weight excluding hydrogens is 254 g/mol. The van der Waals surface area contributed by atoms with Gasteiger partial charge in [-0.2, -0.15) is 0 Å². The van der Waals surface area contributed by atoms with Crippen LogP contribution >= 0.6 is 0 Å². The predicted molar refractivity (Wildman–Crippen MR) is 79.2 cm³/mol. The molecule has 1 heterocycles. The smallest absolute Gasteiger partial charge is 0.304 e. The Bertz CT molecular complexity index is 365. The summed E-state index contributed by atoms with van der Waals surface area (Å²) in [6, 6.07) is 0. The maximum absolute atomic E-state index is 11.4. The molecule has 0 N–H and O–H groups in total. The Morgan fingerprint density at radius 2 is 1.80 bits per heavy atom. The largest absolute Gasteiger partial charge is 0.445 e. The summed E-state index contributed by atoms with van der Waals surface area (Å²) in [5.74, 6) is 6.48. The van der Waals surface area contributed by atoms with E-state index in [1.165, 1.54) is 6.92 Å². The Balaban J connectivity index is 2.80. The van der Waals surface area contributed by atoms with Crippen molar-refractivity contribution in [3.63, 3.8) is 0 Å². The zero-order chi connectivity index (χ0) is 15.2. The topological polar surface area (TPSA) is 38.8 Å². The fourth-order valence-corrected chi connectivity index (χ4v) is 2.50. The SMILES string of the molecule is CC(=O)OC(C#CCN1CCOCC1)(C(C)C)C(C)C. The number of ether oxygens (including phenoxy) is 2. The molecule has 1 aliphatic rings. The quantitative estimate of drug-likeness (QED) is 0.583. The summed E-state index contributed by atoms with van der Waals surface area (Å²) in [6.45, 7) is 13.7. The van der Waals surface area contributed by atoms with Gasteiger partial charge < -0.3 is 9.47 Å². The number of esters is 1. The second-order valence-electron chi connectivity index (χ2n) is 5.89. The van der Waals surface area contributed by atoms with Gasteiger partial charge in [0, 0.05) is 31.8 Å². The molecule has 20 heavy (non-hydrogen) atoms. The third-order valence-corrected chi connectivity index (χ3v) is 3.72. The highest BCUT2D eigenvalue weighted by molar-refractivity contribution is 5.67. The Labute approximate surface area is 122 Å². The first-order valence-corrected chi connectivity index (χ1v) is 7.38. The molecule has 1 rings (SSSR count). The first kappa shape index (κ1) is 17.0. The minimum atomic E-state index is -0.696. The summed E-state index contributed by atoms with van der Waals surface area (Å²) < 4.78 is 10.9. The number of rotatable bonds is 4. The van der Waals surface area contributed by atoms with Gasteiger partial charge in [-0.15, -0.1) is 0 Å². The van der Waals surface area contributed by atoms with Crippen LogP contribution in [0, 0.1) is 23.7 Å². The summed E-state index contributed by atoms with van der Waals surface area (Å²) in [6.07, 6.45) is 0. The van der Waals surface area contributed by atoms with Crippen LogP contribution in [0.5, 0.6) is 0 Å². The average molecular weight is 281 g/mol. The Morgan fingerprint density at radius 3 is 2.25 bits per heavy atom. The molecular formula is C16H27NO3. The van der Waals surface area contributed by atoms with Crippen molar-refractivity contribution in [1.29, 1.82) is 0 Å².